The van der Waals surface area contributed by atoms with Gasteiger partial charge in [0.1, 0.15) is 0 Å². The molecule has 0 aliphatic rings. The standard InChI is InChI=1S/C16H15BrN4OS2/c1-10(15(22)18-9-11-5-4-8-23-11)24-16-19-14(20-21-16)12-6-2-3-7-13(12)17/h2-8,10H,9H2,1H3,(H,18,22)(H,19,20,21). The van der Waals surface area contributed by atoms with Crippen LogP contribution in [-0.2, 0) is 11.3 Å². The Kier molecular flexibility index (Phi) is 5.70. The van der Waals surface area contributed by atoms with Crippen molar-refractivity contribution in [2.45, 2.75) is 23.9 Å². The summed E-state index contributed by atoms with van der Waals surface area (Å²) in [4.78, 5) is 17.8. The third-order valence-electron chi connectivity index (χ3n) is 3.26. The van der Waals surface area contributed by atoms with E-state index in [4.69, 9.17) is 0 Å². The van der Waals surface area contributed by atoms with E-state index in [1.807, 2.05) is 48.7 Å². The second-order valence-corrected chi connectivity index (χ2v) is 8.20. The minimum absolute atomic E-state index is 0.0272. The van der Waals surface area contributed by atoms with Gasteiger partial charge >= 0.3 is 0 Å². The minimum Gasteiger partial charge on any atom is -0.350 e. The van der Waals surface area contributed by atoms with Crippen molar-refractivity contribution in [3.63, 3.8) is 0 Å². The van der Waals surface area contributed by atoms with Crippen LogP contribution in [0.25, 0.3) is 11.4 Å². The highest BCUT2D eigenvalue weighted by molar-refractivity contribution is 9.10. The Morgan fingerprint density at radius 1 is 1.38 bits per heavy atom. The van der Waals surface area contributed by atoms with Crippen molar-refractivity contribution in [1.29, 1.82) is 0 Å². The molecule has 0 aliphatic carbocycles. The summed E-state index contributed by atoms with van der Waals surface area (Å²) in [6.07, 6.45) is 0. The lowest BCUT2D eigenvalue weighted by molar-refractivity contribution is -0.120. The second-order valence-electron chi connectivity index (χ2n) is 5.00. The van der Waals surface area contributed by atoms with Crippen molar-refractivity contribution in [3.05, 3.63) is 51.1 Å². The van der Waals surface area contributed by atoms with Gasteiger partial charge in [-0.05, 0) is 24.4 Å². The average Bonchev–Trinajstić information content (AvgIpc) is 3.24. The molecule has 0 spiro atoms. The molecule has 1 aromatic carbocycles. The van der Waals surface area contributed by atoms with Crippen LogP contribution in [0.5, 0.6) is 0 Å². The van der Waals surface area contributed by atoms with Crippen LogP contribution in [0.2, 0.25) is 0 Å². The number of H-pyrrole nitrogens is 1. The van der Waals surface area contributed by atoms with Gasteiger partial charge in [0.05, 0.1) is 11.8 Å². The molecule has 1 atom stereocenters. The van der Waals surface area contributed by atoms with Crippen LogP contribution >= 0.6 is 39.0 Å². The Hall–Kier alpha value is -1.64. The number of benzene rings is 1. The van der Waals surface area contributed by atoms with Gasteiger partial charge in [0.25, 0.3) is 0 Å². The Labute approximate surface area is 156 Å². The Bertz CT molecular complexity index is 819. The van der Waals surface area contributed by atoms with Gasteiger partial charge in [0, 0.05) is 14.9 Å². The lowest BCUT2D eigenvalue weighted by Crippen LogP contribution is -2.30. The summed E-state index contributed by atoms with van der Waals surface area (Å²) in [5.41, 5.74) is 0.937. The number of nitrogens with zero attached hydrogens (tertiary/aromatic N) is 2. The number of thiophene rings is 1. The summed E-state index contributed by atoms with van der Waals surface area (Å²) < 4.78 is 0.944. The SMILES string of the molecule is CC(Sc1n[nH]c(-c2ccccc2Br)n1)C(=O)NCc1cccs1. The number of nitrogens with one attached hydrogen (secondary N) is 2. The maximum atomic E-state index is 12.2. The zero-order valence-corrected chi connectivity index (χ0v) is 16.0. The maximum Gasteiger partial charge on any atom is 0.233 e. The Balaban J connectivity index is 1.59. The highest BCUT2D eigenvalue weighted by Crippen LogP contribution is 2.27. The molecule has 3 rings (SSSR count). The van der Waals surface area contributed by atoms with Gasteiger partial charge in [-0.1, -0.05) is 52.0 Å². The number of aromatic nitrogens is 3. The predicted molar refractivity (Wildman–Crippen MR) is 101 cm³/mol. The summed E-state index contributed by atoms with van der Waals surface area (Å²) in [7, 11) is 0. The number of hydrogen-bond acceptors (Lipinski definition) is 5. The zero-order chi connectivity index (χ0) is 16.9. The van der Waals surface area contributed by atoms with Crippen molar-refractivity contribution in [2.24, 2.45) is 0 Å². The molecule has 0 fully saturated rings. The van der Waals surface area contributed by atoms with Crippen molar-refractivity contribution >= 4 is 44.9 Å². The van der Waals surface area contributed by atoms with Gasteiger partial charge in [-0.3, -0.25) is 9.89 Å². The molecule has 0 radical (unpaired) electrons. The largest absolute Gasteiger partial charge is 0.350 e. The first-order chi connectivity index (χ1) is 11.6. The first-order valence-corrected chi connectivity index (χ1v) is 9.83. The summed E-state index contributed by atoms with van der Waals surface area (Å²) >= 11 is 6.46. The fourth-order valence-electron chi connectivity index (χ4n) is 2.02. The van der Waals surface area contributed by atoms with Crippen molar-refractivity contribution in [2.75, 3.05) is 0 Å². The van der Waals surface area contributed by atoms with E-state index in [0.29, 0.717) is 17.5 Å². The second kappa shape index (κ2) is 7.96. The monoisotopic (exact) mass is 422 g/mol. The van der Waals surface area contributed by atoms with Crippen molar-refractivity contribution in [1.82, 2.24) is 20.5 Å². The van der Waals surface area contributed by atoms with Crippen LogP contribution in [0.15, 0.2) is 51.4 Å². The number of rotatable bonds is 6. The van der Waals surface area contributed by atoms with Gasteiger partial charge in [0.15, 0.2) is 5.82 Å². The number of thioether (sulfide) groups is 1. The summed E-state index contributed by atoms with van der Waals surface area (Å²) in [6, 6.07) is 11.8. The first kappa shape index (κ1) is 17.2. The number of hydrogen-bond donors (Lipinski definition) is 2. The lowest BCUT2D eigenvalue weighted by atomic mass is 10.2. The Morgan fingerprint density at radius 3 is 2.96 bits per heavy atom. The van der Waals surface area contributed by atoms with Crippen LogP contribution in [0.3, 0.4) is 0 Å². The van der Waals surface area contributed by atoms with Gasteiger partial charge in [-0.2, -0.15) is 0 Å². The fourth-order valence-corrected chi connectivity index (χ4v) is 3.88. The first-order valence-electron chi connectivity index (χ1n) is 7.27. The molecular formula is C16H15BrN4OS2. The number of carbonyl (C=O) groups is 1. The van der Waals surface area contributed by atoms with Crippen LogP contribution in [0.1, 0.15) is 11.8 Å². The van der Waals surface area contributed by atoms with E-state index in [1.165, 1.54) is 11.8 Å². The van der Waals surface area contributed by atoms with Crippen LogP contribution in [-0.4, -0.2) is 26.3 Å². The summed E-state index contributed by atoms with van der Waals surface area (Å²) in [5, 5.41) is 12.3. The van der Waals surface area contributed by atoms with Crippen molar-refractivity contribution < 1.29 is 4.79 Å². The van der Waals surface area contributed by atoms with Gasteiger partial charge < -0.3 is 5.32 Å². The fraction of sp³-hybridized carbons (Fsp3) is 0.188. The molecule has 0 aliphatic heterocycles. The van der Waals surface area contributed by atoms with E-state index < -0.39 is 0 Å². The van der Waals surface area contributed by atoms with E-state index in [-0.39, 0.29) is 11.2 Å². The maximum absolute atomic E-state index is 12.2. The zero-order valence-electron chi connectivity index (χ0n) is 12.8. The van der Waals surface area contributed by atoms with E-state index in [2.05, 4.69) is 36.4 Å². The molecule has 2 heterocycles. The van der Waals surface area contributed by atoms with Crippen LogP contribution in [0.4, 0.5) is 0 Å². The normalized spacial score (nSPS) is 12.1. The van der Waals surface area contributed by atoms with Gasteiger partial charge in [-0.25, -0.2) is 4.98 Å². The number of carbonyl (C=O) groups excluding carboxylic acids is 1. The minimum atomic E-state index is -0.271. The molecule has 24 heavy (non-hydrogen) atoms. The smallest absolute Gasteiger partial charge is 0.233 e. The van der Waals surface area contributed by atoms with E-state index in [9.17, 15) is 4.79 Å². The average molecular weight is 423 g/mol. The molecule has 2 N–H and O–H groups in total. The summed E-state index contributed by atoms with van der Waals surface area (Å²) in [6.45, 7) is 2.40. The molecule has 5 nitrogen and oxygen atoms in total. The molecule has 124 valence electrons. The predicted octanol–water partition coefficient (Wildman–Crippen LogP) is 4.09. The molecule has 3 aromatic rings. The van der Waals surface area contributed by atoms with Crippen LogP contribution in [0, 0.1) is 0 Å². The van der Waals surface area contributed by atoms with Crippen LogP contribution < -0.4 is 5.32 Å². The number of amides is 1. The van der Waals surface area contributed by atoms with E-state index in [1.54, 1.807) is 11.3 Å². The summed E-state index contributed by atoms with van der Waals surface area (Å²) in [5.74, 6) is 0.650. The topological polar surface area (TPSA) is 70.7 Å². The van der Waals surface area contributed by atoms with Gasteiger partial charge in [-0.15, -0.1) is 16.4 Å². The highest BCUT2D eigenvalue weighted by atomic mass is 79.9. The quantitative estimate of drug-likeness (QED) is 0.586. The number of aromatic amines is 1. The molecular weight excluding hydrogens is 408 g/mol. The Morgan fingerprint density at radius 2 is 2.21 bits per heavy atom. The molecule has 0 bridgehead atoms. The van der Waals surface area contributed by atoms with Gasteiger partial charge in [0.2, 0.25) is 11.1 Å². The molecule has 2 aromatic heterocycles. The molecule has 1 unspecified atom stereocenters. The van der Waals surface area contributed by atoms with E-state index >= 15 is 0 Å². The molecule has 1 amide bonds. The third kappa shape index (κ3) is 4.25. The van der Waals surface area contributed by atoms with Crippen molar-refractivity contribution in [3.8, 4) is 11.4 Å². The third-order valence-corrected chi connectivity index (χ3v) is 5.79. The highest BCUT2D eigenvalue weighted by Gasteiger charge is 2.17. The molecule has 0 saturated heterocycles. The molecule has 0 saturated carbocycles. The molecule has 8 heteroatoms. The lowest BCUT2D eigenvalue weighted by Gasteiger charge is -2.09. The number of halogens is 1. The van der Waals surface area contributed by atoms with E-state index in [0.717, 1.165) is 14.9 Å².